The second-order valence-corrected chi connectivity index (χ2v) is 3.63. The summed E-state index contributed by atoms with van der Waals surface area (Å²) in [4.78, 5) is 0. The van der Waals surface area contributed by atoms with Crippen LogP contribution in [0.3, 0.4) is 0 Å². The first-order chi connectivity index (χ1) is 6.38. The van der Waals surface area contributed by atoms with Crippen LogP contribution in [0.5, 0.6) is 0 Å². The molecular weight excluding hydrogens is 164 g/mol. The smallest absolute Gasteiger partial charge is 0.160 e. The molecule has 2 heteroatoms. The largest absolute Gasteiger partial charge is 0.352 e. The number of rotatable bonds is 5. The van der Waals surface area contributed by atoms with Crippen LogP contribution < -0.4 is 0 Å². The van der Waals surface area contributed by atoms with Gasteiger partial charge < -0.3 is 9.47 Å². The first-order valence-electron chi connectivity index (χ1n) is 5.43. The molecule has 0 aromatic carbocycles. The van der Waals surface area contributed by atoms with E-state index in [-0.39, 0.29) is 6.29 Å². The molecule has 1 aliphatic rings. The molecule has 1 unspecified atom stereocenters. The first-order valence-corrected chi connectivity index (χ1v) is 5.43. The van der Waals surface area contributed by atoms with E-state index in [1.165, 1.54) is 19.3 Å². The summed E-state index contributed by atoms with van der Waals surface area (Å²) in [7, 11) is 0. The van der Waals surface area contributed by atoms with Crippen LogP contribution in [0.4, 0.5) is 0 Å². The van der Waals surface area contributed by atoms with Crippen LogP contribution >= 0.6 is 0 Å². The van der Waals surface area contributed by atoms with E-state index in [2.05, 4.69) is 13.8 Å². The highest BCUT2D eigenvalue weighted by Gasteiger charge is 2.23. The third kappa shape index (κ3) is 3.65. The van der Waals surface area contributed by atoms with Crippen molar-refractivity contribution in [2.75, 3.05) is 13.2 Å². The Bertz CT molecular complexity index is 119. The standard InChI is InChI=1S/C11H21O2/c1-3-5-7-10(4-2)11-12-8-6-9-13-11/h6,10-11H,3-5,7-9H2,1-2H3. The zero-order valence-electron chi connectivity index (χ0n) is 8.79. The van der Waals surface area contributed by atoms with Gasteiger partial charge in [0.05, 0.1) is 13.2 Å². The predicted octanol–water partition coefficient (Wildman–Crippen LogP) is 2.78. The number of hydrogen-bond donors (Lipinski definition) is 0. The fourth-order valence-corrected chi connectivity index (χ4v) is 1.69. The fraction of sp³-hybridized carbons (Fsp3) is 0.909. The van der Waals surface area contributed by atoms with E-state index in [1.807, 2.05) is 6.42 Å². The summed E-state index contributed by atoms with van der Waals surface area (Å²) in [5.74, 6) is 0.591. The minimum absolute atomic E-state index is 0.0570. The summed E-state index contributed by atoms with van der Waals surface area (Å²) in [5.41, 5.74) is 0. The van der Waals surface area contributed by atoms with Crippen LogP contribution in [0.1, 0.15) is 39.5 Å². The van der Waals surface area contributed by atoms with Crippen LogP contribution in [-0.4, -0.2) is 19.5 Å². The Labute approximate surface area is 81.6 Å². The lowest BCUT2D eigenvalue weighted by Gasteiger charge is -2.29. The van der Waals surface area contributed by atoms with Gasteiger partial charge in [-0.15, -0.1) is 0 Å². The summed E-state index contributed by atoms with van der Waals surface area (Å²) in [5, 5.41) is 0. The van der Waals surface area contributed by atoms with Gasteiger partial charge in [0.15, 0.2) is 6.29 Å². The second kappa shape index (κ2) is 6.39. The lowest BCUT2D eigenvalue weighted by atomic mass is 9.98. The van der Waals surface area contributed by atoms with E-state index in [0.717, 1.165) is 19.6 Å². The van der Waals surface area contributed by atoms with Crippen LogP contribution in [0.15, 0.2) is 0 Å². The molecule has 77 valence electrons. The van der Waals surface area contributed by atoms with Crippen molar-refractivity contribution in [2.24, 2.45) is 5.92 Å². The highest BCUT2D eigenvalue weighted by Crippen LogP contribution is 2.22. The van der Waals surface area contributed by atoms with Crippen molar-refractivity contribution in [3.05, 3.63) is 6.42 Å². The molecule has 0 bridgehead atoms. The van der Waals surface area contributed by atoms with Crippen molar-refractivity contribution in [3.63, 3.8) is 0 Å². The van der Waals surface area contributed by atoms with E-state index in [4.69, 9.17) is 9.47 Å². The third-order valence-electron chi connectivity index (χ3n) is 2.59. The van der Waals surface area contributed by atoms with Gasteiger partial charge in [-0.05, 0) is 12.8 Å². The average Bonchev–Trinajstić information content (AvgIpc) is 2.21. The van der Waals surface area contributed by atoms with Crippen molar-refractivity contribution in [2.45, 2.75) is 45.8 Å². The van der Waals surface area contributed by atoms with Crippen LogP contribution in [0.2, 0.25) is 0 Å². The van der Waals surface area contributed by atoms with E-state index in [1.54, 1.807) is 0 Å². The third-order valence-corrected chi connectivity index (χ3v) is 2.59. The highest BCUT2D eigenvalue weighted by atomic mass is 16.7. The highest BCUT2D eigenvalue weighted by molar-refractivity contribution is 4.71. The van der Waals surface area contributed by atoms with Gasteiger partial charge in [0.1, 0.15) is 0 Å². The molecule has 0 spiro atoms. The molecule has 0 aromatic rings. The summed E-state index contributed by atoms with van der Waals surface area (Å²) in [6.07, 6.45) is 7.02. The minimum Gasteiger partial charge on any atom is -0.352 e. The fourth-order valence-electron chi connectivity index (χ4n) is 1.69. The van der Waals surface area contributed by atoms with Gasteiger partial charge in [0, 0.05) is 12.3 Å². The SMILES string of the molecule is CCCCC(CC)C1OC[CH]CO1. The van der Waals surface area contributed by atoms with Gasteiger partial charge in [-0.2, -0.15) is 0 Å². The van der Waals surface area contributed by atoms with E-state index in [0.29, 0.717) is 5.92 Å². The molecule has 2 nitrogen and oxygen atoms in total. The maximum Gasteiger partial charge on any atom is 0.160 e. The monoisotopic (exact) mass is 185 g/mol. The van der Waals surface area contributed by atoms with Gasteiger partial charge in [0.25, 0.3) is 0 Å². The second-order valence-electron chi connectivity index (χ2n) is 3.63. The number of unbranched alkanes of at least 4 members (excludes halogenated alkanes) is 1. The Morgan fingerprint density at radius 1 is 1.31 bits per heavy atom. The van der Waals surface area contributed by atoms with Gasteiger partial charge in [0.2, 0.25) is 0 Å². The lowest BCUT2D eigenvalue weighted by Crippen LogP contribution is -2.32. The number of ether oxygens (including phenoxy) is 2. The van der Waals surface area contributed by atoms with Crippen molar-refractivity contribution < 1.29 is 9.47 Å². The van der Waals surface area contributed by atoms with Crippen molar-refractivity contribution in [1.82, 2.24) is 0 Å². The average molecular weight is 185 g/mol. The van der Waals surface area contributed by atoms with Crippen LogP contribution in [-0.2, 0) is 9.47 Å². The Hall–Kier alpha value is -0.0800. The molecule has 1 atom stereocenters. The first kappa shape index (κ1) is 11.0. The van der Waals surface area contributed by atoms with Gasteiger partial charge >= 0.3 is 0 Å². The summed E-state index contributed by atoms with van der Waals surface area (Å²) in [6.45, 7) is 5.95. The molecule has 0 saturated carbocycles. The van der Waals surface area contributed by atoms with Crippen molar-refractivity contribution in [1.29, 1.82) is 0 Å². The zero-order valence-corrected chi connectivity index (χ0v) is 8.79. The van der Waals surface area contributed by atoms with Crippen LogP contribution in [0, 0.1) is 12.3 Å². The molecule has 1 heterocycles. The summed E-state index contributed by atoms with van der Waals surface area (Å²) in [6, 6.07) is 0. The molecule has 0 aromatic heterocycles. The molecule has 0 aliphatic carbocycles. The molecule has 0 N–H and O–H groups in total. The summed E-state index contributed by atoms with van der Waals surface area (Å²) >= 11 is 0. The molecular formula is C11H21O2. The Morgan fingerprint density at radius 2 is 2.00 bits per heavy atom. The van der Waals surface area contributed by atoms with Gasteiger partial charge in [-0.3, -0.25) is 0 Å². The normalized spacial score (nSPS) is 21.7. The lowest BCUT2D eigenvalue weighted by molar-refractivity contribution is -0.189. The summed E-state index contributed by atoms with van der Waals surface area (Å²) < 4.78 is 11.1. The minimum atomic E-state index is 0.0570. The van der Waals surface area contributed by atoms with Crippen LogP contribution in [0.25, 0.3) is 0 Å². The van der Waals surface area contributed by atoms with Crippen molar-refractivity contribution >= 4 is 0 Å². The quantitative estimate of drug-likeness (QED) is 0.655. The number of hydrogen-bond acceptors (Lipinski definition) is 2. The van der Waals surface area contributed by atoms with Crippen molar-refractivity contribution in [3.8, 4) is 0 Å². The Kier molecular flexibility index (Phi) is 5.40. The molecule has 1 fully saturated rings. The molecule has 1 aliphatic heterocycles. The van der Waals surface area contributed by atoms with E-state index in [9.17, 15) is 0 Å². The molecule has 13 heavy (non-hydrogen) atoms. The molecule has 1 radical (unpaired) electrons. The van der Waals surface area contributed by atoms with Gasteiger partial charge in [-0.1, -0.05) is 26.7 Å². The molecule has 1 saturated heterocycles. The Balaban J connectivity index is 2.26. The zero-order chi connectivity index (χ0) is 9.52. The topological polar surface area (TPSA) is 18.5 Å². The predicted molar refractivity (Wildman–Crippen MR) is 53.3 cm³/mol. The molecule has 0 amide bonds. The van der Waals surface area contributed by atoms with E-state index >= 15 is 0 Å². The van der Waals surface area contributed by atoms with Gasteiger partial charge in [-0.25, -0.2) is 0 Å². The Morgan fingerprint density at radius 3 is 2.54 bits per heavy atom. The maximum atomic E-state index is 5.55. The molecule has 1 rings (SSSR count). The maximum absolute atomic E-state index is 5.55. The van der Waals surface area contributed by atoms with E-state index < -0.39 is 0 Å².